The molecule has 0 aliphatic heterocycles. The van der Waals surface area contributed by atoms with Crippen molar-refractivity contribution in [2.75, 3.05) is 6.26 Å². The molecule has 0 aliphatic rings. The van der Waals surface area contributed by atoms with E-state index in [2.05, 4.69) is 0 Å². The first-order valence-corrected chi connectivity index (χ1v) is 6.61. The molecule has 0 fully saturated rings. The molecule has 2 N–H and O–H groups in total. The summed E-state index contributed by atoms with van der Waals surface area (Å²) in [4.78, 5) is 11.8. The van der Waals surface area contributed by atoms with E-state index >= 15 is 0 Å². The Kier molecular flexibility index (Phi) is 4.09. The SMILES string of the molecule is CSc1ccc(C)c(O)c1C(C)(C)CC(=O)O. The molecule has 1 aromatic rings. The summed E-state index contributed by atoms with van der Waals surface area (Å²) >= 11 is 1.52. The van der Waals surface area contributed by atoms with E-state index in [0.717, 1.165) is 16.0 Å². The molecule has 0 spiro atoms. The summed E-state index contributed by atoms with van der Waals surface area (Å²) in [5.74, 6) is -0.647. The third kappa shape index (κ3) is 2.94. The Morgan fingerprint density at radius 1 is 1.41 bits per heavy atom. The number of aliphatic carboxylic acids is 1. The van der Waals surface area contributed by atoms with Crippen LogP contribution in [0.2, 0.25) is 0 Å². The van der Waals surface area contributed by atoms with E-state index in [4.69, 9.17) is 5.11 Å². The summed E-state index contributed by atoms with van der Waals surface area (Å²) < 4.78 is 0. The van der Waals surface area contributed by atoms with Gasteiger partial charge in [0.1, 0.15) is 5.75 Å². The summed E-state index contributed by atoms with van der Waals surface area (Å²) in [5.41, 5.74) is 0.920. The summed E-state index contributed by atoms with van der Waals surface area (Å²) in [5, 5.41) is 19.1. The first-order valence-electron chi connectivity index (χ1n) is 5.38. The molecule has 0 atom stereocenters. The van der Waals surface area contributed by atoms with Gasteiger partial charge in [0.15, 0.2) is 0 Å². The van der Waals surface area contributed by atoms with Crippen LogP contribution in [0.4, 0.5) is 0 Å². The molecule has 3 nitrogen and oxygen atoms in total. The van der Waals surface area contributed by atoms with E-state index in [1.807, 2.05) is 39.2 Å². The number of benzene rings is 1. The Balaban J connectivity index is 3.37. The van der Waals surface area contributed by atoms with Crippen molar-refractivity contribution < 1.29 is 15.0 Å². The quantitative estimate of drug-likeness (QED) is 0.810. The molecule has 0 heterocycles. The number of aryl methyl sites for hydroxylation is 1. The molecule has 1 rings (SSSR count). The summed E-state index contributed by atoms with van der Waals surface area (Å²) in [6, 6.07) is 3.78. The molecule has 17 heavy (non-hydrogen) atoms. The second-order valence-corrected chi connectivity index (χ2v) is 5.61. The topological polar surface area (TPSA) is 57.5 Å². The van der Waals surface area contributed by atoms with Crippen LogP contribution < -0.4 is 0 Å². The highest BCUT2D eigenvalue weighted by Gasteiger charge is 2.30. The minimum Gasteiger partial charge on any atom is -0.507 e. The number of phenols is 1. The van der Waals surface area contributed by atoms with Crippen LogP contribution in [0.1, 0.15) is 31.4 Å². The standard InChI is InChI=1S/C13H18O3S/c1-8-5-6-9(17-4)11(12(8)16)13(2,3)7-10(14)15/h5-6,16H,7H2,1-4H3,(H,14,15). The maximum Gasteiger partial charge on any atom is 0.304 e. The zero-order valence-electron chi connectivity index (χ0n) is 10.6. The molecule has 0 aromatic heterocycles. The van der Waals surface area contributed by atoms with Crippen LogP contribution >= 0.6 is 11.8 Å². The maximum absolute atomic E-state index is 10.9. The van der Waals surface area contributed by atoms with Gasteiger partial charge < -0.3 is 10.2 Å². The van der Waals surface area contributed by atoms with Crippen molar-refractivity contribution in [2.24, 2.45) is 0 Å². The van der Waals surface area contributed by atoms with Gasteiger partial charge in [0, 0.05) is 15.9 Å². The molecular weight excluding hydrogens is 236 g/mol. The molecular formula is C13H18O3S. The predicted octanol–water partition coefficient (Wildman–Crippen LogP) is 3.17. The normalized spacial score (nSPS) is 11.5. The lowest BCUT2D eigenvalue weighted by Gasteiger charge is -2.27. The molecule has 0 radical (unpaired) electrons. The van der Waals surface area contributed by atoms with Gasteiger partial charge in [0.2, 0.25) is 0 Å². The highest BCUT2D eigenvalue weighted by Crippen LogP contribution is 2.41. The lowest BCUT2D eigenvalue weighted by atomic mass is 9.80. The lowest BCUT2D eigenvalue weighted by molar-refractivity contribution is -0.138. The van der Waals surface area contributed by atoms with Crippen molar-refractivity contribution in [3.05, 3.63) is 23.3 Å². The van der Waals surface area contributed by atoms with E-state index in [-0.39, 0.29) is 12.2 Å². The van der Waals surface area contributed by atoms with E-state index in [1.165, 1.54) is 11.8 Å². The maximum atomic E-state index is 10.9. The fourth-order valence-corrected chi connectivity index (χ4v) is 2.75. The van der Waals surface area contributed by atoms with Gasteiger partial charge in [-0.15, -0.1) is 11.8 Å². The molecule has 0 saturated carbocycles. The van der Waals surface area contributed by atoms with E-state index in [9.17, 15) is 9.90 Å². The van der Waals surface area contributed by atoms with Crippen molar-refractivity contribution >= 4 is 17.7 Å². The molecule has 0 aliphatic carbocycles. The molecule has 94 valence electrons. The van der Waals surface area contributed by atoms with E-state index < -0.39 is 11.4 Å². The Morgan fingerprint density at radius 2 is 2.00 bits per heavy atom. The number of carboxylic acid groups (broad SMARTS) is 1. The number of carboxylic acids is 1. The van der Waals surface area contributed by atoms with E-state index in [1.54, 1.807) is 0 Å². The third-order valence-corrected chi connectivity index (χ3v) is 3.61. The summed E-state index contributed by atoms with van der Waals surface area (Å²) in [7, 11) is 0. The second-order valence-electron chi connectivity index (χ2n) is 4.76. The van der Waals surface area contributed by atoms with Crippen LogP contribution in [0.25, 0.3) is 0 Å². The Morgan fingerprint density at radius 3 is 2.47 bits per heavy atom. The van der Waals surface area contributed by atoms with Crippen LogP contribution in [-0.2, 0) is 10.2 Å². The minimum atomic E-state index is -0.858. The number of thioether (sulfide) groups is 1. The number of hydrogen-bond acceptors (Lipinski definition) is 3. The summed E-state index contributed by atoms with van der Waals surface area (Å²) in [6.45, 7) is 5.50. The van der Waals surface area contributed by atoms with Gasteiger partial charge in [0.05, 0.1) is 6.42 Å². The Labute approximate surface area is 106 Å². The van der Waals surface area contributed by atoms with Gasteiger partial charge in [-0.3, -0.25) is 4.79 Å². The van der Waals surface area contributed by atoms with Crippen molar-refractivity contribution in [2.45, 2.75) is 37.5 Å². The number of rotatable bonds is 4. The largest absolute Gasteiger partial charge is 0.507 e. The molecule has 0 saturated heterocycles. The number of hydrogen-bond donors (Lipinski definition) is 2. The van der Waals surface area contributed by atoms with Gasteiger partial charge in [-0.1, -0.05) is 19.9 Å². The van der Waals surface area contributed by atoms with Crippen molar-refractivity contribution in [1.82, 2.24) is 0 Å². The van der Waals surface area contributed by atoms with Crippen LogP contribution in [0.15, 0.2) is 17.0 Å². The highest BCUT2D eigenvalue weighted by atomic mass is 32.2. The number of carbonyl (C=O) groups is 1. The molecule has 0 bridgehead atoms. The smallest absolute Gasteiger partial charge is 0.304 e. The van der Waals surface area contributed by atoms with Gasteiger partial charge in [-0.05, 0) is 24.8 Å². The zero-order valence-corrected chi connectivity index (χ0v) is 11.4. The van der Waals surface area contributed by atoms with Crippen LogP contribution in [-0.4, -0.2) is 22.4 Å². The predicted molar refractivity (Wildman–Crippen MR) is 69.9 cm³/mol. The number of phenolic OH excluding ortho intramolecular Hbond substituents is 1. The Hall–Kier alpha value is -1.16. The monoisotopic (exact) mass is 254 g/mol. The lowest BCUT2D eigenvalue weighted by Crippen LogP contribution is -2.23. The van der Waals surface area contributed by atoms with Gasteiger partial charge in [-0.25, -0.2) is 0 Å². The average molecular weight is 254 g/mol. The first kappa shape index (κ1) is 13.9. The van der Waals surface area contributed by atoms with E-state index in [0.29, 0.717) is 0 Å². The van der Waals surface area contributed by atoms with Crippen molar-refractivity contribution in [3.63, 3.8) is 0 Å². The van der Waals surface area contributed by atoms with Crippen LogP contribution in [0.5, 0.6) is 5.75 Å². The molecule has 1 aromatic carbocycles. The van der Waals surface area contributed by atoms with Gasteiger partial charge in [0.25, 0.3) is 0 Å². The third-order valence-electron chi connectivity index (χ3n) is 2.83. The zero-order chi connectivity index (χ0) is 13.2. The Bertz CT molecular complexity index is 439. The average Bonchev–Trinajstić information content (AvgIpc) is 2.19. The molecule has 0 unspecified atom stereocenters. The summed E-state index contributed by atoms with van der Waals surface area (Å²) in [6.07, 6.45) is 1.92. The van der Waals surface area contributed by atoms with Gasteiger partial charge >= 0.3 is 5.97 Å². The van der Waals surface area contributed by atoms with Crippen LogP contribution in [0, 0.1) is 6.92 Å². The van der Waals surface area contributed by atoms with Gasteiger partial charge in [-0.2, -0.15) is 0 Å². The molecule has 0 amide bonds. The second kappa shape index (κ2) is 5.00. The minimum absolute atomic E-state index is 0.00241. The highest BCUT2D eigenvalue weighted by molar-refractivity contribution is 7.98. The fourth-order valence-electron chi connectivity index (χ4n) is 1.97. The fraction of sp³-hybridized carbons (Fsp3) is 0.462. The van der Waals surface area contributed by atoms with Crippen LogP contribution in [0.3, 0.4) is 0 Å². The number of aromatic hydroxyl groups is 1. The first-order chi connectivity index (χ1) is 7.79. The van der Waals surface area contributed by atoms with Crippen molar-refractivity contribution in [3.8, 4) is 5.75 Å². The molecule has 4 heteroatoms. The van der Waals surface area contributed by atoms with Crippen molar-refractivity contribution in [1.29, 1.82) is 0 Å².